The molecule has 100 valence electrons. The predicted molar refractivity (Wildman–Crippen MR) is 73.1 cm³/mol. The first-order valence-electron chi connectivity index (χ1n) is 6.18. The minimum Gasteiger partial charge on any atom is -0.352 e. The lowest BCUT2D eigenvalue weighted by molar-refractivity contribution is -0.120. The summed E-state index contributed by atoms with van der Waals surface area (Å²) in [4.78, 5) is 11.7. The Morgan fingerprint density at radius 2 is 1.85 bits per heavy atom. The molecule has 0 saturated heterocycles. The average Bonchev–Trinajstić information content (AvgIpc) is 2.48. The first-order chi connectivity index (χ1) is 9.69. The van der Waals surface area contributed by atoms with Gasteiger partial charge in [0.25, 0.3) is 0 Å². The summed E-state index contributed by atoms with van der Waals surface area (Å²) in [6.07, 6.45) is 0.0168. The maximum absolute atomic E-state index is 13.4. The van der Waals surface area contributed by atoms with Gasteiger partial charge in [0.1, 0.15) is 5.82 Å². The molecular formula is C16H13FN2O. The maximum Gasteiger partial charge on any atom is 0.224 e. The van der Waals surface area contributed by atoms with Gasteiger partial charge in [0, 0.05) is 6.54 Å². The zero-order chi connectivity index (χ0) is 14.4. The van der Waals surface area contributed by atoms with Gasteiger partial charge in [-0.1, -0.05) is 30.3 Å². The third-order valence-corrected chi connectivity index (χ3v) is 2.88. The van der Waals surface area contributed by atoms with Gasteiger partial charge in [-0.2, -0.15) is 5.26 Å². The van der Waals surface area contributed by atoms with E-state index in [0.29, 0.717) is 17.7 Å². The van der Waals surface area contributed by atoms with Crippen LogP contribution >= 0.6 is 0 Å². The van der Waals surface area contributed by atoms with Crippen LogP contribution in [0.3, 0.4) is 0 Å². The summed E-state index contributed by atoms with van der Waals surface area (Å²) < 4.78 is 13.4. The highest BCUT2D eigenvalue weighted by Gasteiger charge is 2.07. The van der Waals surface area contributed by atoms with Crippen LogP contribution in [0.4, 0.5) is 4.39 Å². The summed E-state index contributed by atoms with van der Waals surface area (Å²) in [7, 11) is 0. The fourth-order valence-corrected chi connectivity index (χ4v) is 1.78. The fourth-order valence-electron chi connectivity index (χ4n) is 1.78. The Labute approximate surface area is 116 Å². The largest absolute Gasteiger partial charge is 0.352 e. The molecule has 0 unspecified atom stereocenters. The molecule has 20 heavy (non-hydrogen) atoms. The summed E-state index contributed by atoms with van der Waals surface area (Å²) in [6.45, 7) is 0.360. The normalized spacial score (nSPS) is 9.80. The van der Waals surface area contributed by atoms with Crippen LogP contribution < -0.4 is 5.32 Å². The lowest BCUT2D eigenvalue weighted by atomic mass is 10.1. The molecule has 0 aliphatic carbocycles. The lowest BCUT2D eigenvalue weighted by Gasteiger charge is -2.06. The van der Waals surface area contributed by atoms with Gasteiger partial charge in [-0.3, -0.25) is 4.79 Å². The number of rotatable bonds is 4. The lowest BCUT2D eigenvalue weighted by Crippen LogP contribution is -2.24. The number of halogens is 1. The number of nitriles is 1. The van der Waals surface area contributed by atoms with Gasteiger partial charge in [-0.05, 0) is 29.3 Å². The summed E-state index contributed by atoms with van der Waals surface area (Å²) in [6, 6.07) is 15.2. The van der Waals surface area contributed by atoms with E-state index in [-0.39, 0.29) is 18.1 Å². The molecule has 0 aliphatic heterocycles. The molecule has 0 atom stereocenters. The maximum atomic E-state index is 13.4. The molecule has 1 amide bonds. The van der Waals surface area contributed by atoms with Gasteiger partial charge in [-0.25, -0.2) is 4.39 Å². The summed E-state index contributed by atoms with van der Waals surface area (Å²) >= 11 is 0. The second-order valence-corrected chi connectivity index (χ2v) is 4.35. The minimum atomic E-state index is -0.374. The van der Waals surface area contributed by atoms with Crippen molar-refractivity contribution in [3.8, 4) is 6.07 Å². The number of hydrogen-bond acceptors (Lipinski definition) is 2. The minimum absolute atomic E-state index is 0.0168. The molecule has 0 saturated carbocycles. The molecule has 2 aromatic carbocycles. The Kier molecular flexibility index (Phi) is 4.46. The standard InChI is InChI=1S/C16H13FN2O/c17-15-4-2-1-3-14(15)9-16(20)19-11-13-7-5-12(10-18)6-8-13/h1-8H,9,11H2,(H,19,20). The van der Waals surface area contributed by atoms with Crippen molar-refractivity contribution in [2.24, 2.45) is 0 Å². The highest BCUT2D eigenvalue weighted by molar-refractivity contribution is 5.78. The number of nitrogens with zero attached hydrogens (tertiary/aromatic N) is 1. The third kappa shape index (κ3) is 3.66. The van der Waals surface area contributed by atoms with E-state index < -0.39 is 0 Å². The number of hydrogen-bond donors (Lipinski definition) is 1. The van der Waals surface area contributed by atoms with Crippen LogP contribution in [0.5, 0.6) is 0 Å². The van der Waals surface area contributed by atoms with Crippen LogP contribution in [0.1, 0.15) is 16.7 Å². The molecule has 2 rings (SSSR count). The monoisotopic (exact) mass is 268 g/mol. The highest BCUT2D eigenvalue weighted by atomic mass is 19.1. The Bertz CT molecular complexity index is 644. The number of amides is 1. The van der Waals surface area contributed by atoms with Crippen LogP contribution in [0, 0.1) is 17.1 Å². The van der Waals surface area contributed by atoms with Crippen molar-refractivity contribution < 1.29 is 9.18 Å². The molecule has 3 nitrogen and oxygen atoms in total. The number of carbonyl (C=O) groups excluding carboxylic acids is 1. The zero-order valence-electron chi connectivity index (χ0n) is 10.8. The van der Waals surface area contributed by atoms with Crippen molar-refractivity contribution in [1.82, 2.24) is 5.32 Å². The van der Waals surface area contributed by atoms with E-state index >= 15 is 0 Å². The number of carbonyl (C=O) groups is 1. The molecule has 0 bridgehead atoms. The molecule has 0 fully saturated rings. The van der Waals surface area contributed by atoms with Gasteiger partial charge in [-0.15, -0.1) is 0 Å². The average molecular weight is 268 g/mol. The molecule has 0 spiro atoms. The van der Waals surface area contributed by atoms with E-state index in [1.54, 1.807) is 42.5 Å². The second-order valence-electron chi connectivity index (χ2n) is 4.35. The van der Waals surface area contributed by atoms with Crippen LogP contribution in [0.2, 0.25) is 0 Å². The van der Waals surface area contributed by atoms with E-state index in [0.717, 1.165) is 5.56 Å². The number of benzene rings is 2. The first kappa shape index (κ1) is 13.8. The summed E-state index contributed by atoms with van der Waals surface area (Å²) in [5, 5.41) is 11.4. The highest BCUT2D eigenvalue weighted by Crippen LogP contribution is 2.07. The van der Waals surface area contributed by atoms with E-state index in [1.807, 2.05) is 6.07 Å². The third-order valence-electron chi connectivity index (χ3n) is 2.88. The van der Waals surface area contributed by atoms with Crippen molar-refractivity contribution in [1.29, 1.82) is 5.26 Å². The van der Waals surface area contributed by atoms with E-state index in [4.69, 9.17) is 5.26 Å². The van der Waals surface area contributed by atoms with Crippen molar-refractivity contribution in [2.75, 3.05) is 0 Å². The molecule has 1 N–H and O–H groups in total. The van der Waals surface area contributed by atoms with Crippen molar-refractivity contribution in [2.45, 2.75) is 13.0 Å². The Hall–Kier alpha value is -2.67. The molecular weight excluding hydrogens is 255 g/mol. The Morgan fingerprint density at radius 1 is 1.15 bits per heavy atom. The van der Waals surface area contributed by atoms with Crippen molar-refractivity contribution >= 4 is 5.91 Å². The van der Waals surface area contributed by atoms with Crippen LogP contribution in [0.25, 0.3) is 0 Å². The van der Waals surface area contributed by atoms with Gasteiger partial charge in [0.2, 0.25) is 5.91 Å². The summed E-state index contributed by atoms with van der Waals surface area (Å²) in [5.41, 5.74) is 1.85. The Balaban J connectivity index is 1.89. The van der Waals surface area contributed by atoms with Crippen LogP contribution in [0.15, 0.2) is 48.5 Å². The van der Waals surface area contributed by atoms with Gasteiger partial charge in [0.05, 0.1) is 18.1 Å². The molecule has 0 radical (unpaired) electrons. The smallest absolute Gasteiger partial charge is 0.224 e. The molecule has 0 heterocycles. The molecule has 2 aromatic rings. The zero-order valence-corrected chi connectivity index (χ0v) is 10.8. The summed E-state index contributed by atoms with van der Waals surface area (Å²) in [5.74, 6) is -0.611. The van der Waals surface area contributed by atoms with E-state index in [9.17, 15) is 9.18 Å². The Morgan fingerprint density at radius 3 is 2.50 bits per heavy atom. The predicted octanol–water partition coefficient (Wildman–Crippen LogP) is 2.56. The SMILES string of the molecule is N#Cc1ccc(CNC(=O)Cc2ccccc2F)cc1. The van der Waals surface area contributed by atoms with Crippen LogP contribution in [-0.2, 0) is 17.8 Å². The number of nitrogens with one attached hydrogen (secondary N) is 1. The van der Waals surface area contributed by atoms with Gasteiger partial charge in [0.15, 0.2) is 0 Å². The fraction of sp³-hybridized carbons (Fsp3) is 0.125. The van der Waals surface area contributed by atoms with Gasteiger partial charge < -0.3 is 5.32 Å². The van der Waals surface area contributed by atoms with Crippen LogP contribution in [-0.4, -0.2) is 5.91 Å². The van der Waals surface area contributed by atoms with E-state index in [2.05, 4.69) is 5.32 Å². The molecule has 4 heteroatoms. The van der Waals surface area contributed by atoms with E-state index in [1.165, 1.54) is 6.07 Å². The van der Waals surface area contributed by atoms with Gasteiger partial charge >= 0.3 is 0 Å². The molecule has 0 aromatic heterocycles. The second kappa shape index (κ2) is 6.48. The molecule has 0 aliphatic rings. The van der Waals surface area contributed by atoms with Crippen molar-refractivity contribution in [3.63, 3.8) is 0 Å². The van der Waals surface area contributed by atoms with Crippen molar-refractivity contribution in [3.05, 3.63) is 71.0 Å². The first-order valence-corrected chi connectivity index (χ1v) is 6.18. The topological polar surface area (TPSA) is 52.9 Å². The quantitative estimate of drug-likeness (QED) is 0.926.